The molecule has 0 saturated carbocycles. The van der Waals surface area contributed by atoms with Crippen molar-refractivity contribution in [2.45, 2.75) is 50.7 Å². The van der Waals surface area contributed by atoms with Crippen molar-refractivity contribution in [3.63, 3.8) is 0 Å². The minimum absolute atomic E-state index is 0.712. The van der Waals surface area contributed by atoms with Crippen LogP contribution in [0.25, 0.3) is 0 Å². The highest BCUT2D eigenvalue weighted by molar-refractivity contribution is 7.79. The van der Waals surface area contributed by atoms with Gasteiger partial charge < -0.3 is 0 Å². The lowest BCUT2D eigenvalue weighted by atomic mass is 10.0. The van der Waals surface area contributed by atoms with Crippen molar-refractivity contribution in [2.24, 2.45) is 0 Å². The summed E-state index contributed by atoms with van der Waals surface area (Å²) in [5, 5.41) is 8.58. The molecule has 0 aliphatic rings. The molecule has 2 N–H and O–H groups in total. The molecule has 0 aliphatic heterocycles. The van der Waals surface area contributed by atoms with E-state index in [2.05, 4.69) is 49.0 Å². The quantitative estimate of drug-likeness (QED) is 0.335. The zero-order valence-corrected chi connectivity index (χ0v) is 12.5. The van der Waals surface area contributed by atoms with Crippen LogP contribution in [0.3, 0.4) is 0 Å². The highest BCUT2D eigenvalue weighted by Gasteiger charge is 1.96. The van der Waals surface area contributed by atoms with Gasteiger partial charge >= 0.3 is 0 Å². The van der Waals surface area contributed by atoms with Gasteiger partial charge in [0, 0.05) is 11.4 Å². The summed E-state index contributed by atoms with van der Waals surface area (Å²) in [5.41, 5.74) is 5.51. The number of hydrogen-bond acceptors (Lipinski definition) is 3. The SMILES string of the molecule is C=C(CCCCCCCc1ccc(CS)cc1)NO. The van der Waals surface area contributed by atoms with E-state index in [9.17, 15) is 0 Å². The van der Waals surface area contributed by atoms with Crippen LogP contribution in [0.1, 0.15) is 49.7 Å². The molecule has 0 bridgehead atoms. The Morgan fingerprint density at radius 3 is 2.21 bits per heavy atom. The molecule has 0 heterocycles. The van der Waals surface area contributed by atoms with Crippen LogP contribution in [0.4, 0.5) is 0 Å². The van der Waals surface area contributed by atoms with Crippen molar-refractivity contribution in [1.82, 2.24) is 5.48 Å². The van der Waals surface area contributed by atoms with Gasteiger partial charge in [-0.05, 0) is 36.8 Å². The van der Waals surface area contributed by atoms with E-state index in [4.69, 9.17) is 5.21 Å². The summed E-state index contributed by atoms with van der Waals surface area (Å²) in [6.45, 7) is 3.69. The van der Waals surface area contributed by atoms with Gasteiger partial charge in [0.2, 0.25) is 0 Å². The van der Waals surface area contributed by atoms with E-state index in [0.717, 1.165) is 25.0 Å². The van der Waals surface area contributed by atoms with E-state index in [1.807, 2.05) is 0 Å². The molecule has 0 spiro atoms. The molecule has 3 heteroatoms. The van der Waals surface area contributed by atoms with Crippen LogP contribution in [0, 0.1) is 0 Å². The third-order valence-electron chi connectivity index (χ3n) is 3.31. The molecule has 1 rings (SSSR count). The van der Waals surface area contributed by atoms with Crippen LogP contribution in [0.15, 0.2) is 36.5 Å². The Hall–Kier alpha value is -0.930. The molecule has 1 aromatic carbocycles. The highest BCUT2D eigenvalue weighted by Crippen LogP contribution is 2.12. The molecule has 1 aromatic rings. The van der Waals surface area contributed by atoms with Crippen molar-refractivity contribution in [1.29, 1.82) is 0 Å². The third kappa shape index (κ3) is 7.28. The maximum atomic E-state index is 8.58. The second-order valence-corrected chi connectivity index (χ2v) is 5.27. The first-order valence-electron chi connectivity index (χ1n) is 7.03. The van der Waals surface area contributed by atoms with Gasteiger partial charge in [-0.25, -0.2) is 0 Å². The van der Waals surface area contributed by atoms with Crippen LogP contribution >= 0.6 is 12.6 Å². The lowest BCUT2D eigenvalue weighted by molar-refractivity contribution is 0.196. The second kappa shape index (κ2) is 9.93. The smallest absolute Gasteiger partial charge is 0.0304 e. The van der Waals surface area contributed by atoms with Crippen LogP contribution in [0.2, 0.25) is 0 Å². The summed E-state index contributed by atoms with van der Waals surface area (Å²) in [5.74, 6) is 0.814. The number of rotatable bonds is 10. The fourth-order valence-corrected chi connectivity index (χ4v) is 2.28. The Morgan fingerprint density at radius 2 is 1.58 bits per heavy atom. The summed E-state index contributed by atoms with van der Waals surface area (Å²) in [6, 6.07) is 8.75. The molecule has 0 saturated heterocycles. The molecule has 0 radical (unpaired) electrons. The van der Waals surface area contributed by atoms with Gasteiger partial charge in [-0.1, -0.05) is 50.1 Å². The van der Waals surface area contributed by atoms with E-state index in [1.165, 1.54) is 36.8 Å². The molecule has 19 heavy (non-hydrogen) atoms. The second-order valence-electron chi connectivity index (χ2n) is 4.96. The number of allylic oxidation sites excluding steroid dienone is 1. The first-order chi connectivity index (χ1) is 9.26. The topological polar surface area (TPSA) is 32.3 Å². The van der Waals surface area contributed by atoms with Gasteiger partial charge in [-0.15, -0.1) is 0 Å². The van der Waals surface area contributed by atoms with Gasteiger partial charge in [0.1, 0.15) is 0 Å². The molecule has 106 valence electrons. The summed E-state index contributed by atoms with van der Waals surface area (Å²) in [4.78, 5) is 0. The number of hydrogen-bond donors (Lipinski definition) is 3. The normalized spacial score (nSPS) is 10.4. The number of thiol groups is 1. The fourth-order valence-electron chi connectivity index (χ4n) is 2.07. The summed E-state index contributed by atoms with van der Waals surface area (Å²) in [7, 11) is 0. The molecule has 0 aliphatic carbocycles. The Bertz CT molecular complexity index is 362. The number of nitrogens with one attached hydrogen (secondary N) is 1. The molecule has 0 unspecified atom stereocenters. The maximum Gasteiger partial charge on any atom is 0.0304 e. The molecular weight excluding hydrogens is 254 g/mol. The monoisotopic (exact) mass is 279 g/mol. The van der Waals surface area contributed by atoms with Crippen LogP contribution < -0.4 is 5.48 Å². The lowest BCUT2D eigenvalue weighted by Gasteiger charge is -2.04. The van der Waals surface area contributed by atoms with Crippen LogP contribution in [0.5, 0.6) is 0 Å². The van der Waals surface area contributed by atoms with Crippen molar-refractivity contribution < 1.29 is 5.21 Å². The van der Waals surface area contributed by atoms with Crippen molar-refractivity contribution in [3.05, 3.63) is 47.7 Å². The predicted octanol–water partition coefficient (Wildman–Crippen LogP) is 4.49. The van der Waals surface area contributed by atoms with E-state index < -0.39 is 0 Å². The Kier molecular flexibility index (Phi) is 8.43. The minimum Gasteiger partial charge on any atom is -0.291 e. The summed E-state index contributed by atoms with van der Waals surface area (Å²) >= 11 is 4.26. The Labute approximate surface area is 122 Å². The average Bonchev–Trinajstić information content (AvgIpc) is 2.46. The summed E-state index contributed by atoms with van der Waals surface area (Å²) < 4.78 is 0. The van der Waals surface area contributed by atoms with Crippen LogP contribution in [-0.4, -0.2) is 5.21 Å². The Balaban J connectivity index is 2.02. The third-order valence-corrected chi connectivity index (χ3v) is 3.67. The largest absolute Gasteiger partial charge is 0.291 e. The van der Waals surface area contributed by atoms with Crippen molar-refractivity contribution in [3.8, 4) is 0 Å². The van der Waals surface area contributed by atoms with Gasteiger partial charge in [0.15, 0.2) is 0 Å². The Morgan fingerprint density at radius 1 is 1.00 bits per heavy atom. The van der Waals surface area contributed by atoms with E-state index in [-0.39, 0.29) is 0 Å². The molecule has 0 atom stereocenters. The lowest BCUT2D eigenvalue weighted by Crippen LogP contribution is -2.04. The van der Waals surface area contributed by atoms with Gasteiger partial charge in [0.25, 0.3) is 0 Å². The number of benzene rings is 1. The van der Waals surface area contributed by atoms with E-state index >= 15 is 0 Å². The fraction of sp³-hybridized carbons (Fsp3) is 0.500. The van der Waals surface area contributed by atoms with Gasteiger partial charge in [-0.2, -0.15) is 12.6 Å². The average molecular weight is 279 g/mol. The molecular formula is C16H25NOS. The van der Waals surface area contributed by atoms with Crippen molar-refractivity contribution in [2.75, 3.05) is 0 Å². The molecule has 2 nitrogen and oxygen atoms in total. The van der Waals surface area contributed by atoms with Gasteiger partial charge in [0.05, 0.1) is 0 Å². The molecule has 0 amide bonds. The van der Waals surface area contributed by atoms with Gasteiger partial charge in [-0.3, -0.25) is 10.7 Å². The predicted molar refractivity (Wildman–Crippen MR) is 84.6 cm³/mol. The highest BCUT2D eigenvalue weighted by atomic mass is 32.1. The van der Waals surface area contributed by atoms with E-state index in [1.54, 1.807) is 0 Å². The first kappa shape index (κ1) is 16.1. The van der Waals surface area contributed by atoms with E-state index in [0.29, 0.717) is 5.70 Å². The standard InChI is InChI=1S/C16H25NOS/c1-14(17-18)7-5-3-2-4-6-8-15-9-11-16(13-19)12-10-15/h9-12,17-19H,1-8,13H2. The van der Waals surface area contributed by atoms with Crippen molar-refractivity contribution >= 4 is 12.6 Å². The summed E-state index contributed by atoms with van der Waals surface area (Å²) in [6.07, 6.45) is 8.11. The zero-order chi connectivity index (χ0) is 13.9. The number of aryl methyl sites for hydroxylation is 1. The molecule has 0 fully saturated rings. The number of unbranched alkanes of at least 4 members (excludes halogenated alkanes) is 4. The minimum atomic E-state index is 0.712. The molecule has 0 aromatic heterocycles. The maximum absolute atomic E-state index is 8.58. The zero-order valence-electron chi connectivity index (χ0n) is 11.6. The number of hydroxylamine groups is 1. The first-order valence-corrected chi connectivity index (χ1v) is 7.66. The van der Waals surface area contributed by atoms with Crippen LogP contribution in [-0.2, 0) is 12.2 Å².